The van der Waals surface area contributed by atoms with Crippen molar-refractivity contribution in [1.82, 2.24) is 0 Å². The molecule has 0 spiro atoms. The first kappa shape index (κ1) is 51.6. The molecule has 7 rings (SSSR count). The van der Waals surface area contributed by atoms with Gasteiger partial charge in [-0.2, -0.15) is 0 Å². The van der Waals surface area contributed by atoms with Crippen molar-refractivity contribution in [3.05, 3.63) is 119 Å². The fraction of sp³-hybridized carbons (Fsp3) is 0.263. The van der Waals surface area contributed by atoms with Gasteiger partial charge in [0.05, 0.1) is 63.6 Å². The predicted molar refractivity (Wildman–Crippen MR) is 331 cm³/mol. The Bertz CT molecular complexity index is 2110. The van der Waals surface area contributed by atoms with Crippen LogP contribution in [-0.2, 0) is 0 Å². The van der Waals surface area contributed by atoms with Gasteiger partial charge in [-0.15, -0.1) is 140 Å². The van der Waals surface area contributed by atoms with Crippen LogP contribution in [-0.4, -0.2) is 62.6 Å². The molecule has 0 amide bonds. The molecule has 0 unspecified atom stereocenters. The van der Waals surface area contributed by atoms with Crippen LogP contribution in [0.3, 0.4) is 0 Å². The van der Waals surface area contributed by atoms with Crippen molar-refractivity contribution < 1.29 is 0 Å². The first-order chi connectivity index (χ1) is 29.2. The normalized spacial score (nSPS) is 18.7. The summed E-state index contributed by atoms with van der Waals surface area (Å²) in [6.07, 6.45) is 27.1. The van der Waals surface area contributed by atoms with E-state index in [1.807, 2.05) is 258 Å². The summed E-state index contributed by atoms with van der Waals surface area (Å²) in [5, 5.41) is 0. The molecule has 0 atom stereocenters. The number of thioether (sulfide) groups is 20. The summed E-state index contributed by atoms with van der Waals surface area (Å²) in [6.45, 7) is 0. The van der Waals surface area contributed by atoms with Gasteiger partial charge >= 0.3 is 0 Å². The Labute approximate surface area is 449 Å². The molecule has 2 aromatic rings. The topological polar surface area (TPSA) is 0 Å². The van der Waals surface area contributed by atoms with Crippen molar-refractivity contribution in [3.8, 4) is 0 Å². The highest BCUT2D eigenvalue weighted by molar-refractivity contribution is 8.43. The highest BCUT2D eigenvalue weighted by Gasteiger charge is 2.31. The number of hydrogen-bond donors (Lipinski definition) is 0. The maximum Gasteiger partial charge on any atom is 0.0657 e. The average molecular weight is 1200 g/mol. The second-order valence-corrected chi connectivity index (χ2v) is 35.8. The lowest BCUT2D eigenvalue weighted by Gasteiger charge is -2.10. The monoisotopic (exact) mass is 1200 g/mol. The van der Waals surface area contributed by atoms with Crippen molar-refractivity contribution in [2.45, 2.75) is 0 Å². The Balaban J connectivity index is 1.33. The number of allylic oxidation sites excluding steroid dienone is 4. The van der Waals surface area contributed by atoms with Gasteiger partial charge in [-0.25, -0.2) is 0 Å². The molecule has 0 saturated carbocycles. The number of rotatable bonds is 16. The standard InChI is InChI=1S/C38H36S22/c1-39-29-30(40-2)52-23(51-29)15-17(26-55-33(43-5)34(44-6)56-26)19-11-13-21(49-19)25(28-59-37(47-9)38(48-10)60-28)22-14-12-20(50-22)18(27-57-35(45-7)36(46-8)58-27)16-24-53-31(41-3)32(42-4)54-24/h11-16H,1-10H3. The minimum atomic E-state index is 1.33. The molecule has 0 aliphatic carbocycles. The minimum Gasteiger partial charge on any atom is -0.135 e. The van der Waals surface area contributed by atoms with E-state index >= 15 is 0 Å². The lowest BCUT2D eigenvalue weighted by molar-refractivity contribution is 1.78. The van der Waals surface area contributed by atoms with E-state index in [-0.39, 0.29) is 0 Å². The Hall–Kier alpha value is 3.80. The van der Waals surface area contributed by atoms with Crippen LogP contribution in [0.4, 0.5) is 0 Å². The van der Waals surface area contributed by atoms with E-state index in [1.54, 1.807) is 0 Å². The van der Waals surface area contributed by atoms with E-state index in [2.05, 4.69) is 99.0 Å². The third kappa shape index (κ3) is 12.0. The maximum absolute atomic E-state index is 2.48. The molecule has 5 aliphatic heterocycles. The van der Waals surface area contributed by atoms with Crippen LogP contribution in [0.5, 0.6) is 0 Å². The Kier molecular flexibility index (Phi) is 21.6. The largest absolute Gasteiger partial charge is 0.135 e. The van der Waals surface area contributed by atoms with Crippen molar-refractivity contribution in [1.29, 1.82) is 0 Å². The second kappa shape index (κ2) is 25.1. The fourth-order valence-electron chi connectivity index (χ4n) is 5.33. The predicted octanol–water partition coefficient (Wildman–Crippen LogP) is 21.2. The van der Waals surface area contributed by atoms with E-state index in [9.17, 15) is 0 Å². The first-order valence-corrected chi connectivity index (χ1v) is 39.0. The van der Waals surface area contributed by atoms with Crippen LogP contribution in [0.25, 0.3) is 16.7 Å². The molecule has 0 N–H and O–H groups in total. The quantitative estimate of drug-likeness (QED) is 0.156. The molecule has 0 fully saturated rings. The molecule has 22 heteroatoms. The highest BCUT2D eigenvalue weighted by atomic mass is 32.3. The van der Waals surface area contributed by atoms with Crippen LogP contribution >= 0.6 is 258 Å². The second-order valence-electron chi connectivity index (χ2n) is 11.3. The summed E-state index contributed by atoms with van der Waals surface area (Å²) in [6, 6.07) is 9.61. The van der Waals surface area contributed by atoms with Gasteiger partial charge in [0.15, 0.2) is 0 Å². The third-order valence-corrected chi connectivity index (χ3v) is 36.2. The van der Waals surface area contributed by atoms with E-state index < -0.39 is 0 Å². The van der Waals surface area contributed by atoms with Crippen LogP contribution in [0.1, 0.15) is 19.5 Å². The van der Waals surface area contributed by atoms with Crippen LogP contribution < -0.4 is 0 Å². The molecular weight excluding hydrogens is 1160 g/mol. The average Bonchev–Trinajstić information content (AvgIpc) is 4.14. The summed E-state index contributed by atoms with van der Waals surface area (Å²) in [5.74, 6) is 0. The zero-order chi connectivity index (χ0) is 42.5. The summed E-state index contributed by atoms with van der Waals surface area (Å²) in [4.78, 5) is 5.32. The summed E-state index contributed by atoms with van der Waals surface area (Å²) in [7, 11) is 0. The first-order valence-electron chi connectivity index (χ1n) is 17.0. The van der Waals surface area contributed by atoms with Gasteiger partial charge in [0.25, 0.3) is 0 Å². The van der Waals surface area contributed by atoms with Crippen molar-refractivity contribution in [2.75, 3.05) is 62.6 Å². The van der Waals surface area contributed by atoms with Crippen LogP contribution in [0.15, 0.2) is 100.0 Å². The SMILES string of the molecule is CSC1=C(SC)SC(=CC(=C2SC(SC)=C(SC)S2)c2ccc(C(=C3SC(SC)=C(SC)S3)c3ccc(C(C=C4SC(SC)=C(SC)S4)=C4SC(SC)=C(SC)S4)s3)s2)S1. The lowest BCUT2D eigenvalue weighted by atomic mass is 10.2. The molecule has 5 aliphatic rings. The zero-order valence-corrected chi connectivity index (χ0v) is 51.4. The third-order valence-electron chi connectivity index (χ3n) is 7.98. The lowest BCUT2D eigenvalue weighted by Crippen LogP contribution is -1.83. The van der Waals surface area contributed by atoms with Crippen molar-refractivity contribution in [3.63, 3.8) is 0 Å². The number of hydrogen-bond acceptors (Lipinski definition) is 22. The van der Waals surface area contributed by atoms with Crippen molar-refractivity contribution >= 4 is 275 Å². The van der Waals surface area contributed by atoms with Gasteiger partial charge in [-0.1, -0.05) is 118 Å². The van der Waals surface area contributed by atoms with Gasteiger partial charge in [-0.05, 0) is 99.0 Å². The molecular formula is C38H36S22. The molecule has 2 aromatic heterocycles. The molecule has 0 nitrogen and oxygen atoms in total. The fourth-order valence-corrected chi connectivity index (χ4v) is 33.1. The zero-order valence-electron chi connectivity index (χ0n) is 33.4. The molecule has 0 bridgehead atoms. The molecule has 0 radical (unpaired) electrons. The summed E-state index contributed by atoms with van der Waals surface area (Å²) >= 11 is 42.0. The smallest absolute Gasteiger partial charge is 0.0657 e. The Morgan fingerprint density at radius 3 is 0.817 bits per heavy atom. The van der Waals surface area contributed by atoms with Crippen molar-refractivity contribution in [2.24, 2.45) is 0 Å². The van der Waals surface area contributed by atoms with Gasteiger partial charge in [0, 0.05) is 36.2 Å². The summed E-state index contributed by atoms with van der Waals surface area (Å²) < 4.78 is 20.9. The van der Waals surface area contributed by atoms with Gasteiger partial charge < -0.3 is 0 Å². The maximum atomic E-state index is 2.48. The number of thiophene rings is 2. The minimum absolute atomic E-state index is 1.33. The van der Waals surface area contributed by atoms with E-state index in [0.717, 1.165) is 0 Å². The highest BCUT2D eigenvalue weighted by Crippen LogP contribution is 2.65. The Morgan fingerprint density at radius 2 is 0.550 bits per heavy atom. The van der Waals surface area contributed by atoms with E-state index in [1.165, 1.54) is 99.8 Å². The van der Waals surface area contributed by atoms with Gasteiger partial charge in [-0.3, -0.25) is 0 Å². The molecule has 60 heavy (non-hydrogen) atoms. The van der Waals surface area contributed by atoms with Gasteiger partial charge in [0.1, 0.15) is 0 Å². The van der Waals surface area contributed by atoms with Gasteiger partial charge in [0.2, 0.25) is 0 Å². The van der Waals surface area contributed by atoms with Crippen LogP contribution in [0, 0.1) is 0 Å². The molecule has 0 saturated heterocycles. The Morgan fingerprint density at radius 1 is 0.317 bits per heavy atom. The molecule has 7 heterocycles. The molecule has 0 aromatic carbocycles. The molecule has 320 valence electrons. The van der Waals surface area contributed by atoms with E-state index in [4.69, 9.17) is 0 Å². The van der Waals surface area contributed by atoms with Crippen LogP contribution in [0.2, 0.25) is 0 Å². The summed E-state index contributed by atoms with van der Waals surface area (Å²) in [5.41, 5.74) is 4.05. The van der Waals surface area contributed by atoms with E-state index in [0.29, 0.717) is 0 Å².